The van der Waals surface area contributed by atoms with Crippen LogP contribution in [0.5, 0.6) is 0 Å². The first-order chi connectivity index (χ1) is 10.5. The molecule has 0 saturated heterocycles. The maximum Gasteiger partial charge on any atom is 0.333 e. The number of nitrogens with zero attached hydrogens (tertiary/aromatic N) is 2. The summed E-state index contributed by atoms with van der Waals surface area (Å²) >= 11 is 0. The molecule has 23 heavy (non-hydrogen) atoms. The van der Waals surface area contributed by atoms with Crippen LogP contribution in [0.15, 0.2) is 24.3 Å². The lowest BCUT2D eigenvalue weighted by molar-refractivity contribution is -0.151. The van der Waals surface area contributed by atoms with Gasteiger partial charge in [-0.3, -0.25) is 0 Å². The molecule has 132 valence electrons. The third-order valence-electron chi connectivity index (χ3n) is 3.02. The molecule has 0 rings (SSSR count). The SMILES string of the molecule is C=C(C)C(=O)OCC(COC(=O)C(=C)C)(CN(C)C)CN(C)C. The molecule has 0 atom stereocenters. The highest BCUT2D eigenvalue weighted by molar-refractivity contribution is 5.87. The van der Waals surface area contributed by atoms with Gasteiger partial charge in [-0.1, -0.05) is 13.2 Å². The quantitative estimate of drug-likeness (QED) is 0.446. The first-order valence-electron chi connectivity index (χ1n) is 7.44. The highest BCUT2D eigenvalue weighted by Gasteiger charge is 2.35. The van der Waals surface area contributed by atoms with Crippen molar-refractivity contribution in [3.63, 3.8) is 0 Å². The smallest absolute Gasteiger partial charge is 0.333 e. The Kier molecular flexibility index (Phi) is 8.79. The molecule has 0 N–H and O–H groups in total. The average molecular weight is 326 g/mol. The lowest BCUT2D eigenvalue weighted by atomic mass is 9.88. The molecule has 0 radical (unpaired) electrons. The molecule has 6 nitrogen and oxygen atoms in total. The van der Waals surface area contributed by atoms with Crippen LogP contribution in [0, 0.1) is 5.41 Å². The van der Waals surface area contributed by atoms with E-state index < -0.39 is 17.4 Å². The molecular weight excluding hydrogens is 296 g/mol. The van der Waals surface area contributed by atoms with Crippen molar-refractivity contribution in [3.8, 4) is 0 Å². The Hall–Kier alpha value is -1.66. The Morgan fingerprint density at radius 3 is 1.35 bits per heavy atom. The average Bonchev–Trinajstić information content (AvgIpc) is 2.40. The molecule has 0 aliphatic rings. The standard InChI is InChI=1S/C17H30N2O4/c1-13(2)15(20)22-11-17(9-18(5)6,10-19(7)8)12-23-16(21)14(3)4/h1,3,9-12H2,2,4-8H3. The predicted octanol–water partition coefficient (Wildman–Crippen LogP) is 1.33. The Morgan fingerprint density at radius 1 is 0.826 bits per heavy atom. The Labute approximate surface area is 139 Å². The van der Waals surface area contributed by atoms with Crippen molar-refractivity contribution in [3.05, 3.63) is 24.3 Å². The van der Waals surface area contributed by atoms with Crippen LogP contribution < -0.4 is 0 Å². The summed E-state index contributed by atoms with van der Waals surface area (Å²) in [5.41, 5.74) is 0.142. The number of hydrogen-bond acceptors (Lipinski definition) is 6. The van der Waals surface area contributed by atoms with Gasteiger partial charge in [0.1, 0.15) is 13.2 Å². The fourth-order valence-corrected chi connectivity index (χ4v) is 2.30. The summed E-state index contributed by atoms with van der Waals surface area (Å²) in [5.74, 6) is -0.892. The Balaban J connectivity index is 5.22. The summed E-state index contributed by atoms with van der Waals surface area (Å²) in [6.45, 7) is 11.8. The van der Waals surface area contributed by atoms with Crippen LogP contribution >= 0.6 is 0 Å². The molecule has 0 spiro atoms. The minimum Gasteiger partial charge on any atom is -0.462 e. The van der Waals surface area contributed by atoms with Gasteiger partial charge in [-0.15, -0.1) is 0 Å². The van der Waals surface area contributed by atoms with Gasteiger partial charge in [0.15, 0.2) is 0 Å². The van der Waals surface area contributed by atoms with Crippen LogP contribution in [0.2, 0.25) is 0 Å². The largest absolute Gasteiger partial charge is 0.462 e. The van der Waals surface area contributed by atoms with Gasteiger partial charge in [0.05, 0.1) is 5.41 Å². The van der Waals surface area contributed by atoms with E-state index in [0.29, 0.717) is 24.2 Å². The summed E-state index contributed by atoms with van der Waals surface area (Å²) in [5, 5.41) is 0. The van der Waals surface area contributed by atoms with E-state index in [9.17, 15) is 9.59 Å². The van der Waals surface area contributed by atoms with E-state index in [-0.39, 0.29) is 13.2 Å². The number of carbonyl (C=O) groups is 2. The molecule has 0 unspecified atom stereocenters. The van der Waals surface area contributed by atoms with Crippen molar-refractivity contribution in [2.24, 2.45) is 5.41 Å². The number of carbonyl (C=O) groups excluding carboxylic acids is 2. The van der Waals surface area contributed by atoms with E-state index >= 15 is 0 Å². The molecule has 0 heterocycles. The molecule has 0 bridgehead atoms. The van der Waals surface area contributed by atoms with E-state index in [1.54, 1.807) is 13.8 Å². The molecule has 0 aromatic carbocycles. The minimum atomic E-state index is -0.538. The number of hydrogen-bond donors (Lipinski definition) is 0. The van der Waals surface area contributed by atoms with E-state index in [1.165, 1.54) is 0 Å². The zero-order chi connectivity index (χ0) is 18.2. The number of esters is 2. The molecular formula is C17H30N2O4. The number of rotatable bonds is 10. The predicted molar refractivity (Wildman–Crippen MR) is 91.1 cm³/mol. The van der Waals surface area contributed by atoms with Gasteiger partial charge in [0, 0.05) is 24.2 Å². The van der Waals surface area contributed by atoms with E-state index in [2.05, 4.69) is 13.2 Å². The molecule has 0 aliphatic heterocycles. The molecule has 0 aromatic rings. The fourth-order valence-electron chi connectivity index (χ4n) is 2.30. The van der Waals surface area contributed by atoms with Gasteiger partial charge in [-0.05, 0) is 42.0 Å². The third kappa shape index (κ3) is 8.52. The van der Waals surface area contributed by atoms with Crippen LogP contribution in [0.4, 0.5) is 0 Å². The number of ether oxygens (including phenoxy) is 2. The van der Waals surface area contributed by atoms with Crippen molar-refractivity contribution in [2.75, 3.05) is 54.5 Å². The lowest BCUT2D eigenvalue weighted by Crippen LogP contribution is -2.49. The molecule has 0 amide bonds. The normalized spacial score (nSPS) is 11.5. The second-order valence-corrected chi connectivity index (χ2v) is 6.69. The summed E-state index contributed by atoms with van der Waals surface area (Å²) in [7, 11) is 7.69. The van der Waals surface area contributed by atoms with Crippen LogP contribution in [0.25, 0.3) is 0 Å². The highest BCUT2D eigenvalue weighted by atomic mass is 16.5. The summed E-state index contributed by atoms with van der Waals surface area (Å²) in [6, 6.07) is 0. The van der Waals surface area contributed by atoms with Gasteiger partial charge in [0.25, 0.3) is 0 Å². The van der Waals surface area contributed by atoms with Crippen molar-refractivity contribution >= 4 is 11.9 Å². The molecule has 0 saturated carbocycles. The van der Waals surface area contributed by atoms with Gasteiger partial charge in [-0.25, -0.2) is 9.59 Å². The van der Waals surface area contributed by atoms with Crippen LogP contribution in [-0.2, 0) is 19.1 Å². The maximum atomic E-state index is 11.7. The molecule has 0 aromatic heterocycles. The lowest BCUT2D eigenvalue weighted by Gasteiger charge is -2.37. The molecule has 6 heteroatoms. The van der Waals surface area contributed by atoms with Gasteiger partial charge >= 0.3 is 11.9 Å². The highest BCUT2D eigenvalue weighted by Crippen LogP contribution is 2.22. The fraction of sp³-hybridized carbons (Fsp3) is 0.647. The van der Waals surface area contributed by atoms with Gasteiger partial charge in [0.2, 0.25) is 0 Å². The van der Waals surface area contributed by atoms with Crippen LogP contribution in [0.3, 0.4) is 0 Å². The first-order valence-corrected chi connectivity index (χ1v) is 7.44. The summed E-state index contributed by atoms with van der Waals surface area (Å²) in [4.78, 5) is 27.4. The second-order valence-electron chi connectivity index (χ2n) is 6.69. The Morgan fingerprint density at radius 2 is 1.13 bits per heavy atom. The van der Waals surface area contributed by atoms with E-state index in [1.807, 2.05) is 38.0 Å². The van der Waals surface area contributed by atoms with Crippen molar-refractivity contribution in [1.82, 2.24) is 9.80 Å². The molecule has 0 fully saturated rings. The maximum absolute atomic E-state index is 11.7. The summed E-state index contributed by atoms with van der Waals surface area (Å²) in [6.07, 6.45) is 0. The molecule has 0 aliphatic carbocycles. The topological polar surface area (TPSA) is 59.1 Å². The van der Waals surface area contributed by atoms with Crippen LogP contribution in [0.1, 0.15) is 13.8 Å². The minimum absolute atomic E-state index is 0.137. The first kappa shape index (κ1) is 21.3. The third-order valence-corrected chi connectivity index (χ3v) is 3.02. The second kappa shape index (κ2) is 9.47. The van der Waals surface area contributed by atoms with Crippen molar-refractivity contribution in [1.29, 1.82) is 0 Å². The van der Waals surface area contributed by atoms with Gasteiger partial charge < -0.3 is 19.3 Å². The summed E-state index contributed by atoms with van der Waals surface area (Å²) < 4.78 is 10.7. The Bertz CT molecular complexity index is 414. The zero-order valence-electron chi connectivity index (χ0n) is 15.3. The van der Waals surface area contributed by atoms with Gasteiger partial charge in [-0.2, -0.15) is 0 Å². The van der Waals surface area contributed by atoms with Crippen molar-refractivity contribution < 1.29 is 19.1 Å². The van der Waals surface area contributed by atoms with E-state index in [4.69, 9.17) is 9.47 Å². The van der Waals surface area contributed by atoms with Crippen molar-refractivity contribution in [2.45, 2.75) is 13.8 Å². The van der Waals surface area contributed by atoms with Crippen LogP contribution in [-0.4, -0.2) is 76.2 Å². The monoisotopic (exact) mass is 326 g/mol. The zero-order valence-corrected chi connectivity index (χ0v) is 15.3. The van der Waals surface area contributed by atoms with E-state index in [0.717, 1.165) is 0 Å².